The molecule has 0 spiro atoms. The molecule has 0 fully saturated rings. The van der Waals surface area contributed by atoms with Crippen LogP contribution in [-0.4, -0.2) is 6.61 Å². The summed E-state index contributed by atoms with van der Waals surface area (Å²) < 4.78 is 3.35. The first kappa shape index (κ1) is 24.1. The van der Waals surface area contributed by atoms with Gasteiger partial charge in [0.05, 0.1) is 6.61 Å². The predicted molar refractivity (Wildman–Crippen MR) is 118 cm³/mol. The molecule has 0 atom stereocenters. The van der Waals surface area contributed by atoms with E-state index in [0.29, 0.717) is 6.61 Å². The first-order chi connectivity index (χ1) is 11.1. The molecule has 0 saturated heterocycles. The van der Waals surface area contributed by atoms with Gasteiger partial charge in [0.25, 0.3) is 0 Å². The van der Waals surface area contributed by atoms with Gasteiger partial charge in [-0.25, -0.2) is 0 Å². The molecule has 138 valence electrons. The average molecular weight is 397 g/mol. The molecule has 1 nitrogen and oxygen atoms in total. The second-order valence-corrected chi connectivity index (χ2v) is 15.0. The van der Waals surface area contributed by atoms with E-state index in [1.54, 1.807) is 0 Å². The minimum absolute atomic E-state index is 0.714. The topological polar surface area (TPSA) is 9.23 Å². The van der Waals surface area contributed by atoms with Crippen molar-refractivity contribution in [1.29, 1.82) is 0 Å². The summed E-state index contributed by atoms with van der Waals surface area (Å²) in [6.45, 7) is 2.99. The Labute approximate surface area is 160 Å². The van der Waals surface area contributed by atoms with Crippen LogP contribution >= 0.6 is 29.2 Å². The second kappa shape index (κ2) is 17.9. The highest BCUT2D eigenvalue weighted by Crippen LogP contribution is 2.56. The number of thiol groups is 2. The van der Waals surface area contributed by atoms with Crippen LogP contribution in [0.4, 0.5) is 0 Å². The van der Waals surface area contributed by atoms with Crippen LogP contribution < -0.4 is 0 Å². The zero-order valence-electron chi connectivity index (χ0n) is 14.9. The summed E-state index contributed by atoms with van der Waals surface area (Å²) in [6.07, 6.45) is 23.3. The largest absolute Gasteiger partial charge is 0.334 e. The van der Waals surface area contributed by atoms with E-state index in [1.165, 1.54) is 83.5 Å². The lowest BCUT2D eigenvalue weighted by Crippen LogP contribution is -1.88. The summed E-state index contributed by atoms with van der Waals surface area (Å²) in [5, 5.41) is 0. The van der Waals surface area contributed by atoms with Crippen molar-refractivity contribution in [2.45, 2.75) is 96.8 Å². The van der Waals surface area contributed by atoms with Crippen molar-refractivity contribution in [3.05, 3.63) is 12.2 Å². The van der Waals surface area contributed by atoms with Gasteiger partial charge in [0, 0.05) is 0 Å². The van der Waals surface area contributed by atoms with E-state index >= 15 is 0 Å². The zero-order valence-corrected chi connectivity index (χ0v) is 18.4. The summed E-state index contributed by atoms with van der Waals surface area (Å²) in [5.74, 6) is 0. The Morgan fingerprint density at radius 1 is 0.739 bits per heavy atom. The number of hydrogen-bond donors (Lipinski definition) is 2. The van der Waals surface area contributed by atoms with Crippen molar-refractivity contribution < 1.29 is 4.52 Å². The van der Waals surface area contributed by atoms with Crippen LogP contribution in [0.1, 0.15) is 96.8 Å². The molecular weight excluding hydrogens is 359 g/mol. The monoisotopic (exact) mass is 396 g/mol. The summed E-state index contributed by atoms with van der Waals surface area (Å²) in [4.78, 5) is 0. The average Bonchev–Trinajstić information content (AvgIpc) is 2.49. The van der Waals surface area contributed by atoms with E-state index < -0.39 is 4.67 Å². The first-order valence-corrected chi connectivity index (χ1v) is 14.4. The molecule has 5 heteroatoms. The fraction of sp³-hybridized carbons (Fsp3) is 0.889. The van der Waals surface area contributed by atoms with Crippen molar-refractivity contribution in [2.75, 3.05) is 6.61 Å². The Morgan fingerprint density at radius 3 is 1.65 bits per heavy atom. The molecule has 0 aliphatic carbocycles. The van der Waals surface area contributed by atoms with E-state index in [0.717, 1.165) is 6.42 Å². The summed E-state index contributed by atoms with van der Waals surface area (Å²) >= 11 is 13.3. The van der Waals surface area contributed by atoms with E-state index in [-0.39, 0.29) is 0 Å². The van der Waals surface area contributed by atoms with Gasteiger partial charge in [0.15, 0.2) is 4.67 Å². The molecule has 0 aromatic heterocycles. The smallest absolute Gasteiger partial charge is 0.168 e. The summed E-state index contributed by atoms with van der Waals surface area (Å²) in [7, 11) is 0. The molecule has 0 rings (SSSR count). The molecule has 0 aliphatic rings. The van der Waals surface area contributed by atoms with E-state index in [2.05, 4.69) is 43.6 Å². The van der Waals surface area contributed by atoms with Crippen molar-refractivity contribution in [2.24, 2.45) is 0 Å². The maximum absolute atomic E-state index is 5.39. The Morgan fingerprint density at radius 2 is 1.17 bits per heavy atom. The van der Waals surface area contributed by atoms with Gasteiger partial charge >= 0.3 is 0 Å². The van der Waals surface area contributed by atoms with Crippen LogP contribution in [-0.2, 0) is 16.3 Å². The Bertz CT molecular complexity index is 315. The van der Waals surface area contributed by atoms with Crippen LogP contribution in [0.25, 0.3) is 0 Å². The maximum atomic E-state index is 5.39. The summed E-state index contributed by atoms with van der Waals surface area (Å²) in [6, 6.07) is 0. The molecule has 0 bridgehead atoms. The molecule has 0 unspecified atom stereocenters. The highest BCUT2D eigenvalue weighted by Gasteiger charge is 2.02. The Kier molecular flexibility index (Phi) is 18.7. The molecule has 23 heavy (non-hydrogen) atoms. The highest BCUT2D eigenvalue weighted by molar-refractivity contribution is 8.90. The minimum Gasteiger partial charge on any atom is -0.334 e. The van der Waals surface area contributed by atoms with Gasteiger partial charge in [-0.3, -0.25) is 0 Å². The Balaban J connectivity index is 3.12. The number of rotatable bonds is 17. The van der Waals surface area contributed by atoms with Crippen molar-refractivity contribution >= 4 is 41.0 Å². The van der Waals surface area contributed by atoms with Crippen LogP contribution in [0.3, 0.4) is 0 Å². The van der Waals surface area contributed by atoms with Gasteiger partial charge in [0.2, 0.25) is 0 Å². The van der Waals surface area contributed by atoms with Crippen molar-refractivity contribution in [3.63, 3.8) is 0 Å². The lowest BCUT2D eigenvalue weighted by Gasteiger charge is -2.08. The molecule has 0 aliphatic heterocycles. The third-order valence-electron chi connectivity index (χ3n) is 3.92. The quantitative estimate of drug-likeness (QED) is 0.111. The lowest BCUT2D eigenvalue weighted by atomic mass is 10.1. The third-order valence-corrected chi connectivity index (χ3v) is 5.44. The van der Waals surface area contributed by atoms with Crippen LogP contribution in [0.15, 0.2) is 12.2 Å². The zero-order chi connectivity index (χ0) is 17.2. The van der Waals surface area contributed by atoms with Crippen molar-refractivity contribution in [3.8, 4) is 0 Å². The second-order valence-electron chi connectivity index (χ2n) is 6.26. The summed E-state index contributed by atoms with van der Waals surface area (Å²) in [5.41, 5.74) is 0. The fourth-order valence-corrected chi connectivity index (χ4v) is 3.61. The van der Waals surface area contributed by atoms with Crippen LogP contribution in [0.5, 0.6) is 0 Å². The molecule has 0 aromatic carbocycles. The predicted octanol–water partition coefficient (Wildman–Crippen LogP) is 8.12. The Hall–Kier alpha value is 1.05. The molecule has 0 saturated carbocycles. The van der Waals surface area contributed by atoms with Gasteiger partial charge in [0.1, 0.15) is 0 Å². The normalized spacial score (nSPS) is 12.3. The van der Waals surface area contributed by atoms with Crippen molar-refractivity contribution in [1.82, 2.24) is 0 Å². The van der Waals surface area contributed by atoms with E-state index in [1.807, 2.05) is 0 Å². The third kappa shape index (κ3) is 23.1. The molecule has 0 aromatic rings. The number of allylic oxidation sites excluding steroid dienone is 2. The SMILES string of the molecule is CCCCCCCC/C=C\CCCCCCCCOP(=S)(S)S. The van der Waals surface area contributed by atoms with Gasteiger partial charge in [-0.2, -0.15) is 0 Å². The maximum Gasteiger partial charge on any atom is 0.168 e. The molecule has 0 N–H and O–H groups in total. The molecule has 0 heterocycles. The van der Waals surface area contributed by atoms with Crippen LogP contribution in [0, 0.1) is 0 Å². The number of unbranched alkanes of at least 4 members (excludes halogenated alkanes) is 12. The first-order valence-electron chi connectivity index (χ1n) is 9.41. The van der Waals surface area contributed by atoms with Gasteiger partial charge in [-0.15, -0.1) is 24.5 Å². The van der Waals surface area contributed by atoms with Gasteiger partial charge < -0.3 is 4.52 Å². The van der Waals surface area contributed by atoms with E-state index in [9.17, 15) is 0 Å². The fourth-order valence-electron chi connectivity index (χ4n) is 2.53. The lowest BCUT2D eigenvalue weighted by molar-refractivity contribution is 0.348. The number of hydrogen-bond acceptors (Lipinski definition) is 2. The molecular formula is C18H37OPS3. The van der Waals surface area contributed by atoms with Crippen LogP contribution in [0.2, 0.25) is 0 Å². The highest BCUT2D eigenvalue weighted by atomic mass is 33.2. The van der Waals surface area contributed by atoms with E-state index in [4.69, 9.17) is 16.3 Å². The minimum atomic E-state index is -2.04. The molecule has 0 amide bonds. The van der Waals surface area contributed by atoms with Gasteiger partial charge in [-0.05, 0) is 43.9 Å². The standard InChI is InChI=1S/C18H37OPS3/c1-2-3-4-5-6-7-8-9-10-11-12-13-14-15-16-17-18-19-20(21,22)23/h9-10H,2-8,11-18H2,1H3,(H2,21,22,23)/b10-9-. The molecule has 0 radical (unpaired) electrons. The van der Waals surface area contributed by atoms with Gasteiger partial charge in [-0.1, -0.05) is 76.9 Å².